The number of carbonyl (C=O) groups is 1. The third kappa shape index (κ3) is 1.44. The molecule has 6 heteroatoms. The summed E-state index contributed by atoms with van der Waals surface area (Å²) in [5, 5.41) is 3.78. The van der Waals surface area contributed by atoms with Crippen molar-refractivity contribution in [3.8, 4) is 5.95 Å². The summed E-state index contributed by atoms with van der Waals surface area (Å²) in [6.07, 6.45) is -0.914. The summed E-state index contributed by atoms with van der Waals surface area (Å²) >= 11 is 0. The predicted molar refractivity (Wildman–Crippen MR) is 44.9 cm³/mol. The van der Waals surface area contributed by atoms with Gasteiger partial charge in [0, 0.05) is 6.07 Å². The smallest absolute Gasteiger partial charge is 0.379 e. The van der Waals surface area contributed by atoms with Gasteiger partial charge in [-0.1, -0.05) is 5.16 Å². The van der Waals surface area contributed by atoms with E-state index in [1.54, 1.807) is 6.07 Å². The fraction of sp³-hybridized carbons (Fsp3) is 0.500. The van der Waals surface area contributed by atoms with Crippen molar-refractivity contribution in [1.82, 2.24) is 5.16 Å². The number of ether oxygens (including phenoxy) is 2. The first-order valence-electron chi connectivity index (χ1n) is 4.12. The number of carbonyl (C=O) groups excluding carboxylic acids is 1. The number of hydrogen-bond donors (Lipinski definition) is 1. The van der Waals surface area contributed by atoms with Crippen LogP contribution in [0.1, 0.15) is 12.6 Å². The third-order valence-corrected chi connectivity index (χ3v) is 2.15. The van der Waals surface area contributed by atoms with Crippen LogP contribution in [0.25, 0.3) is 0 Å². The Bertz CT molecular complexity index is 356. The zero-order valence-electron chi connectivity index (χ0n) is 7.65. The topological polar surface area (TPSA) is 87.6 Å². The van der Waals surface area contributed by atoms with E-state index in [-0.39, 0.29) is 11.4 Å². The summed E-state index contributed by atoms with van der Waals surface area (Å²) in [6, 6.07) is 1.55. The van der Waals surface area contributed by atoms with Crippen LogP contribution in [0.3, 0.4) is 0 Å². The van der Waals surface area contributed by atoms with Crippen molar-refractivity contribution in [2.24, 2.45) is 5.73 Å². The summed E-state index contributed by atoms with van der Waals surface area (Å²) in [4.78, 5) is 10.4. The maximum absolute atomic E-state index is 10.4. The number of nitrogens with two attached hydrogens (primary N) is 1. The molecule has 0 unspecified atom stereocenters. The zero-order chi connectivity index (χ0) is 10.2. The molecular formula is C8H10N2O4. The molecule has 0 aliphatic carbocycles. The highest BCUT2D eigenvalue weighted by Gasteiger charge is 2.38. The highest BCUT2D eigenvalue weighted by molar-refractivity contribution is 5.67. The van der Waals surface area contributed by atoms with Crippen LogP contribution >= 0.6 is 0 Å². The molecule has 2 heterocycles. The van der Waals surface area contributed by atoms with E-state index in [0.717, 1.165) is 0 Å². The van der Waals surface area contributed by atoms with E-state index in [2.05, 4.69) is 9.89 Å². The highest BCUT2D eigenvalue weighted by atomic mass is 16.7. The minimum atomic E-state index is -0.914. The van der Waals surface area contributed by atoms with Crippen LogP contribution in [0, 0.1) is 0 Å². The Labute approximate surface area is 79.9 Å². The molecule has 1 aromatic rings. The molecule has 0 saturated carbocycles. The number of nitrogens with zero attached hydrogens (tertiary/aromatic N) is 1. The van der Waals surface area contributed by atoms with Crippen LogP contribution in [-0.2, 0) is 10.2 Å². The maximum Gasteiger partial charge on any atom is 0.412 e. The maximum atomic E-state index is 10.4. The van der Waals surface area contributed by atoms with Gasteiger partial charge in [-0.3, -0.25) is 0 Å². The molecule has 1 fully saturated rings. The molecule has 1 saturated heterocycles. The van der Waals surface area contributed by atoms with Crippen molar-refractivity contribution in [3.05, 3.63) is 11.8 Å². The van der Waals surface area contributed by atoms with E-state index in [1.807, 2.05) is 6.92 Å². The Morgan fingerprint density at radius 2 is 2.43 bits per heavy atom. The molecule has 1 aliphatic heterocycles. The Morgan fingerprint density at radius 3 is 2.93 bits per heavy atom. The number of primary amides is 1. The fourth-order valence-electron chi connectivity index (χ4n) is 1.25. The molecule has 0 radical (unpaired) electrons. The Hall–Kier alpha value is -1.56. The summed E-state index contributed by atoms with van der Waals surface area (Å²) in [7, 11) is 0. The minimum Gasteiger partial charge on any atom is -0.379 e. The van der Waals surface area contributed by atoms with Gasteiger partial charge in [-0.25, -0.2) is 4.79 Å². The molecule has 1 aliphatic rings. The monoisotopic (exact) mass is 198 g/mol. The van der Waals surface area contributed by atoms with Crippen molar-refractivity contribution in [1.29, 1.82) is 0 Å². The number of aromatic nitrogens is 1. The van der Waals surface area contributed by atoms with Crippen LogP contribution in [0.4, 0.5) is 4.79 Å². The van der Waals surface area contributed by atoms with Gasteiger partial charge in [-0.15, -0.1) is 0 Å². The standard InChI is InChI=1S/C8H10N2O4/c1-8(3-12-4-8)5-2-6(14-10-5)13-7(9)11/h2H,3-4H2,1H3,(H2,9,11). The van der Waals surface area contributed by atoms with Crippen molar-refractivity contribution in [3.63, 3.8) is 0 Å². The lowest BCUT2D eigenvalue weighted by Crippen LogP contribution is -2.44. The second-order valence-corrected chi connectivity index (χ2v) is 3.51. The van der Waals surface area contributed by atoms with E-state index < -0.39 is 6.09 Å². The van der Waals surface area contributed by atoms with Gasteiger partial charge in [-0.2, -0.15) is 0 Å². The van der Waals surface area contributed by atoms with Gasteiger partial charge in [0.2, 0.25) is 0 Å². The molecule has 0 atom stereocenters. The molecule has 2 N–H and O–H groups in total. The number of amides is 1. The SMILES string of the molecule is CC1(c2cc(OC(N)=O)on2)COC1. The molecule has 0 aromatic carbocycles. The first-order valence-corrected chi connectivity index (χ1v) is 4.12. The molecule has 2 rings (SSSR count). The van der Waals surface area contributed by atoms with Crippen molar-refractivity contribution in [2.75, 3.05) is 13.2 Å². The van der Waals surface area contributed by atoms with Crippen LogP contribution < -0.4 is 10.5 Å². The summed E-state index contributed by atoms with van der Waals surface area (Å²) < 4.78 is 14.4. The van der Waals surface area contributed by atoms with Crippen LogP contribution in [0.15, 0.2) is 10.6 Å². The molecule has 76 valence electrons. The average molecular weight is 198 g/mol. The first kappa shape index (κ1) is 9.01. The summed E-state index contributed by atoms with van der Waals surface area (Å²) in [5.74, 6) is 0.0145. The number of rotatable bonds is 2. The lowest BCUT2D eigenvalue weighted by molar-refractivity contribution is -0.0532. The molecule has 0 bridgehead atoms. The zero-order valence-corrected chi connectivity index (χ0v) is 7.65. The van der Waals surface area contributed by atoms with Crippen LogP contribution in [0.5, 0.6) is 5.95 Å². The molecule has 6 nitrogen and oxygen atoms in total. The molecule has 1 aromatic heterocycles. The molecular weight excluding hydrogens is 188 g/mol. The van der Waals surface area contributed by atoms with Crippen LogP contribution in [-0.4, -0.2) is 24.5 Å². The molecule has 14 heavy (non-hydrogen) atoms. The Balaban J connectivity index is 2.13. The quantitative estimate of drug-likeness (QED) is 0.744. The predicted octanol–water partition coefficient (Wildman–Crippen LogP) is 0.420. The summed E-state index contributed by atoms with van der Waals surface area (Å²) in [6.45, 7) is 3.17. The lowest BCUT2D eigenvalue weighted by atomic mass is 9.85. The van der Waals surface area contributed by atoms with Crippen molar-refractivity contribution in [2.45, 2.75) is 12.3 Å². The largest absolute Gasteiger partial charge is 0.412 e. The van der Waals surface area contributed by atoms with Gasteiger partial charge in [0.15, 0.2) is 0 Å². The summed E-state index contributed by atoms with van der Waals surface area (Å²) in [5.41, 5.74) is 5.39. The highest BCUT2D eigenvalue weighted by Crippen LogP contribution is 2.32. The minimum absolute atomic E-state index is 0.0145. The van der Waals surface area contributed by atoms with E-state index in [9.17, 15) is 4.79 Å². The van der Waals surface area contributed by atoms with Gasteiger partial charge < -0.3 is 19.7 Å². The Kier molecular flexibility index (Phi) is 1.92. The molecule has 0 spiro atoms. The molecule has 1 amide bonds. The normalized spacial score (nSPS) is 18.6. The Morgan fingerprint density at radius 1 is 1.71 bits per heavy atom. The van der Waals surface area contributed by atoms with E-state index in [4.69, 9.17) is 15.0 Å². The number of hydrogen-bond acceptors (Lipinski definition) is 5. The van der Waals surface area contributed by atoms with Crippen LogP contribution in [0.2, 0.25) is 0 Å². The van der Waals surface area contributed by atoms with Crippen molar-refractivity contribution >= 4 is 6.09 Å². The van der Waals surface area contributed by atoms with Gasteiger partial charge >= 0.3 is 12.0 Å². The first-order chi connectivity index (χ1) is 6.60. The fourth-order valence-corrected chi connectivity index (χ4v) is 1.25. The van der Waals surface area contributed by atoms with Crippen molar-refractivity contribution < 1.29 is 18.8 Å². The van der Waals surface area contributed by atoms with Gasteiger partial charge in [0.25, 0.3) is 0 Å². The van der Waals surface area contributed by atoms with Gasteiger partial charge in [-0.05, 0) is 6.92 Å². The lowest BCUT2D eigenvalue weighted by Gasteiger charge is -2.35. The van der Waals surface area contributed by atoms with E-state index >= 15 is 0 Å². The second kappa shape index (κ2) is 2.98. The second-order valence-electron chi connectivity index (χ2n) is 3.51. The van der Waals surface area contributed by atoms with Gasteiger partial charge in [0.05, 0.1) is 24.3 Å². The van der Waals surface area contributed by atoms with Gasteiger partial charge in [0.1, 0.15) is 0 Å². The average Bonchev–Trinajstić information content (AvgIpc) is 2.47. The van der Waals surface area contributed by atoms with E-state index in [0.29, 0.717) is 18.9 Å². The van der Waals surface area contributed by atoms with E-state index in [1.165, 1.54) is 0 Å². The third-order valence-electron chi connectivity index (χ3n) is 2.15.